The Bertz CT molecular complexity index is 365. The molecule has 1 aliphatic heterocycles. The summed E-state index contributed by atoms with van der Waals surface area (Å²) in [5.41, 5.74) is 0.828. The van der Waals surface area contributed by atoms with E-state index in [9.17, 15) is 10.2 Å². The van der Waals surface area contributed by atoms with E-state index in [1.165, 1.54) is 12.8 Å². The number of hydrogen-bond donors (Lipinski definition) is 2. The van der Waals surface area contributed by atoms with Crippen molar-refractivity contribution in [3.05, 3.63) is 23.9 Å². The number of pyridine rings is 1. The van der Waals surface area contributed by atoms with Crippen LogP contribution in [0.2, 0.25) is 0 Å². The molecular formula is C14H22N2O2. The fraction of sp³-hybridized carbons (Fsp3) is 0.643. The van der Waals surface area contributed by atoms with Gasteiger partial charge in [0.2, 0.25) is 0 Å². The molecule has 1 aliphatic rings. The molecule has 0 bridgehead atoms. The van der Waals surface area contributed by atoms with Crippen LogP contribution < -0.4 is 4.90 Å². The number of hydrogen-bond acceptors (Lipinski definition) is 4. The van der Waals surface area contributed by atoms with Crippen molar-refractivity contribution in [2.75, 3.05) is 18.1 Å². The van der Waals surface area contributed by atoms with Gasteiger partial charge in [-0.2, -0.15) is 0 Å². The molecule has 4 heteroatoms. The van der Waals surface area contributed by atoms with Gasteiger partial charge in [-0.3, -0.25) is 0 Å². The van der Waals surface area contributed by atoms with Gasteiger partial charge in [-0.15, -0.1) is 0 Å². The highest BCUT2D eigenvalue weighted by molar-refractivity contribution is 5.41. The molecule has 1 unspecified atom stereocenters. The number of rotatable bonds is 3. The standard InChI is InChI=1S/C14H22N2O2/c1-11(18)12-6-7-14(15-9-12)16-8-4-2-3-5-13(16)10-17/h6-7,9,11,13,17-18H,2-5,8,10H2,1H3/t11-,13?/m0/s1. The Kier molecular flexibility index (Phi) is 4.55. The van der Waals surface area contributed by atoms with E-state index in [1.807, 2.05) is 12.1 Å². The van der Waals surface area contributed by atoms with Crippen molar-refractivity contribution in [2.24, 2.45) is 0 Å². The second-order valence-electron chi connectivity index (χ2n) is 5.00. The van der Waals surface area contributed by atoms with Crippen LogP contribution in [0, 0.1) is 0 Å². The third-order valence-corrected chi connectivity index (χ3v) is 3.64. The lowest BCUT2D eigenvalue weighted by Crippen LogP contribution is -2.38. The summed E-state index contributed by atoms with van der Waals surface area (Å²) in [4.78, 5) is 6.61. The smallest absolute Gasteiger partial charge is 0.128 e. The average molecular weight is 250 g/mol. The Labute approximate surface area is 108 Å². The van der Waals surface area contributed by atoms with Crippen LogP contribution in [-0.2, 0) is 0 Å². The summed E-state index contributed by atoms with van der Waals surface area (Å²) in [5.74, 6) is 0.903. The molecule has 0 spiro atoms. The van der Waals surface area contributed by atoms with Gasteiger partial charge < -0.3 is 15.1 Å². The lowest BCUT2D eigenvalue weighted by molar-refractivity contribution is 0.199. The summed E-state index contributed by atoms with van der Waals surface area (Å²) in [7, 11) is 0. The van der Waals surface area contributed by atoms with Crippen molar-refractivity contribution >= 4 is 5.82 Å². The van der Waals surface area contributed by atoms with E-state index in [2.05, 4.69) is 9.88 Å². The second-order valence-corrected chi connectivity index (χ2v) is 5.00. The first-order valence-corrected chi connectivity index (χ1v) is 6.74. The van der Waals surface area contributed by atoms with E-state index in [-0.39, 0.29) is 12.6 Å². The zero-order valence-corrected chi connectivity index (χ0v) is 10.9. The van der Waals surface area contributed by atoms with Crippen molar-refractivity contribution in [3.8, 4) is 0 Å². The van der Waals surface area contributed by atoms with Crippen LogP contribution in [-0.4, -0.2) is 34.4 Å². The largest absolute Gasteiger partial charge is 0.394 e. The third kappa shape index (κ3) is 3.00. The number of nitrogens with zero attached hydrogens (tertiary/aromatic N) is 2. The summed E-state index contributed by atoms with van der Waals surface area (Å²) >= 11 is 0. The number of anilines is 1. The van der Waals surface area contributed by atoms with Gasteiger partial charge in [0, 0.05) is 12.7 Å². The summed E-state index contributed by atoms with van der Waals surface area (Å²) < 4.78 is 0. The van der Waals surface area contributed by atoms with Crippen molar-refractivity contribution in [2.45, 2.75) is 44.8 Å². The van der Waals surface area contributed by atoms with Crippen molar-refractivity contribution in [1.29, 1.82) is 0 Å². The predicted octanol–water partition coefficient (Wildman–Crippen LogP) is 1.88. The first-order valence-electron chi connectivity index (χ1n) is 6.74. The molecule has 100 valence electrons. The predicted molar refractivity (Wildman–Crippen MR) is 71.6 cm³/mol. The lowest BCUT2D eigenvalue weighted by atomic mass is 10.1. The van der Waals surface area contributed by atoms with Crippen molar-refractivity contribution in [3.63, 3.8) is 0 Å². The van der Waals surface area contributed by atoms with Crippen molar-refractivity contribution in [1.82, 2.24) is 4.98 Å². The highest BCUT2D eigenvalue weighted by Gasteiger charge is 2.21. The van der Waals surface area contributed by atoms with Gasteiger partial charge in [-0.1, -0.05) is 18.9 Å². The van der Waals surface area contributed by atoms with Crippen LogP contribution in [0.3, 0.4) is 0 Å². The van der Waals surface area contributed by atoms with E-state index in [1.54, 1.807) is 13.1 Å². The molecule has 1 aromatic rings. The van der Waals surface area contributed by atoms with Crippen LogP contribution >= 0.6 is 0 Å². The minimum absolute atomic E-state index is 0.178. The third-order valence-electron chi connectivity index (χ3n) is 3.64. The maximum absolute atomic E-state index is 9.48. The van der Waals surface area contributed by atoms with Crippen LogP contribution in [0.5, 0.6) is 0 Å². The Morgan fingerprint density at radius 2 is 2.22 bits per heavy atom. The minimum atomic E-state index is -0.482. The normalized spacial score (nSPS) is 22.6. The van der Waals surface area contributed by atoms with E-state index in [0.29, 0.717) is 0 Å². The van der Waals surface area contributed by atoms with Gasteiger partial charge in [-0.25, -0.2) is 4.98 Å². The molecule has 0 aromatic carbocycles. The molecule has 0 amide bonds. The number of aliphatic hydroxyl groups is 2. The van der Waals surface area contributed by atoms with E-state index < -0.39 is 6.10 Å². The molecule has 2 rings (SSSR count). The topological polar surface area (TPSA) is 56.6 Å². The molecule has 1 saturated heterocycles. The summed E-state index contributed by atoms with van der Waals surface area (Å²) in [6.07, 6.45) is 5.81. The Hall–Kier alpha value is -1.13. The monoisotopic (exact) mass is 250 g/mol. The molecule has 1 fully saturated rings. The fourth-order valence-electron chi connectivity index (χ4n) is 2.48. The molecule has 0 saturated carbocycles. The zero-order valence-electron chi connectivity index (χ0n) is 10.9. The first kappa shape index (κ1) is 13.3. The first-order chi connectivity index (χ1) is 8.72. The van der Waals surface area contributed by atoms with E-state index in [4.69, 9.17) is 0 Å². The van der Waals surface area contributed by atoms with Gasteiger partial charge >= 0.3 is 0 Å². The Balaban J connectivity index is 2.16. The molecule has 18 heavy (non-hydrogen) atoms. The second kappa shape index (κ2) is 6.16. The summed E-state index contributed by atoms with van der Waals surface area (Å²) in [5, 5.41) is 19.0. The lowest BCUT2D eigenvalue weighted by Gasteiger charge is -2.29. The van der Waals surface area contributed by atoms with E-state index in [0.717, 1.165) is 30.8 Å². The number of aromatic nitrogens is 1. The maximum atomic E-state index is 9.48. The highest BCUT2D eigenvalue weighted by atomic mass is 16.3. The van der Waals surface area contributed by atoms with Gasteiger partial charge in [-0.05, 0) is 31.4 Å². The van der Waals surface area contributed by atoms with Crippen LogP contribution in [0.4, 0.5) is 5.82 Å². The molecule has 2 N–H and O–H groups in total. The maximum Gasteiger partial charge on any atom is 0.128 e. The SMILES string of the molecule is C[C@H](O)c1ccc(N2CCCCCC2CO)nc1. The van der Waals surface area contributed by atoms with Gasteiger partial charge in [0.1, 0.15) is 5.82 Å². The molecule has 2 heterocycles. The van der Waals surface area contributed by atoms with Gasteiger partial charge in [0.05, 0.1) is 18.8 Å². The summed E-state index contributed by atoms with van der Waals surface area (Å²) in [6.45, 7) is 2.87. The van der Waals surface area contributed by atoms with Gasteiger partial charge in [0.15, 0.2) is 0 Å². The number of aliphatic hydroxyl groups excluding tert-OH is 2. The molecule has 4 nitrogen and oxygen atoms in total. The Morgan fingerprint density at radius 3 is 2.83 bits per heavy atom. The fourth-order valence-corrected chi connectivity index (χ4v) is 2.48. The minimum Gasteiger partial charge on any atom is -0.394 e. The Morgan fingerprint density at radius 1 is 1.39 bits per heavy atom. The zero-order chi connectivity index (χ0) is 13.0. The average Bonchev–Trinajstić information content (AvgIpc) is 2.63. The summed E-state index contributed by atoms with van der Waals surface area (Å²) in [6, 6.07) is 4.03. The van der Waals surface area contributed by atoms with Crippen LogP contribution in [0.1, 0.15) is 44.3 Å². The van der Waals surface area contributed by atoms with Crippen molar-refractivity contribution < 1.29 is 10.2 Å². The molecular weight excluding hydrogens is 228 g/mol. The molecule has 0 radical (unpaired) electrons. The van der Waals surface area contributed by atoms with Crippen LogP contribution in [0.25, 0.3) is 0 Å². The van der Waals surface area contributed by atoms with E-state index >= 15 is 0 Å². The van der Waals surface area contributed by atoms with Gasteiger partial charge in [0.25, 0.3) is 0 Å². The molecule has 2 atom stereocenters. The molecule has 0 aliphatic carbocycles. The molecule has 1 aromatic heterocycles. The van der Waals surface area contributed by atoms with Crippen LogP contribution in [0.15, 0.2) is 18.3 Å². The highest BCUT2D eigenvalue weighted by Crippen LogP contribution is 2.23. The quantitative estimate of drug-likeness (QED) is 0.860.